The zero-order valence-corrected chi connectivity index (χ0v) is 12.7. The van der Waals surface area contributed by atoms with Crippen molar-refractivity contribution >= 4 is 15.7 Å². The third kappa shape index (κ3) is 2.52. The highest BCUT2D eigenvalue weighted by molar-refractivity contribution is 7.92. The van der Waals surface area contributed by atoms with Gasteiger partial charge in [0.05, 0.1) is 0 Å². The Hall–Kier alpha value is -1.56. The molecule has 1 aromatic carbocycles. The van der Waals surface area contributed by atoms with Crippen molar-refractivity contribution in [2.75, 3.05) is 12.8 Å². The summed E-state index contributed by atoms with van der Waals surface area (Å²) in [7, 11) is -3.48. The van der Waals surface area contributed by atoms with Crippen LogP contribution in [0.15, 0.2) is 18.2 Å². The highest BCUT2D eigenvalue weighted by Gasteiger charge is 2.41. The minimum Gasteiger partial charge on any atom is -0.508 e. The SMILES string of the molecule is CC(C)(C(=O)N1CCc2ccc(O)cc2C1)S(C)(=O)=O. The van der Waals surface area contributed by atoms with Gasteiger partial charge in [-0.1, -0.05) is 6.07 Å². The number of hydrogen-bond donors (Lipinski definition) is 1. The van der Waals surface area contributed by atoms with Gasteiger partial charge in [-0.2, -0.15) is 0 Å². The van der Waals surface area contributed by atoms with Crippen LogP contribution < -0.4 is 0 Å². The normalized spacial score (nSPS) is 15.8. The van der Waals surface area contributed by atoms with Gasteiger partial charge < -0.3 is 10.0 Å². The van der Waals surface area contributed by atoms with Crippen LogP contribution in [0, 0.1) is 0 Å². The van der Waals surface area contributed by atoms with E-state index in [2.05, 4.69) is 0 Å². The molecule has 2 rings (SSSR count). The van der Waals surface area contributed by atoms with Crippen molar-refractivity contribution in [2.24, 2.45) is 0 Å². The third-order valence-electron chi connectivity index (χ3n) is 3.93. The smallest absolute Gasteiger partial charge is 0.243 e. The summed E-state index contributed by atoms with van der Waals surface area (Å²) in [6.45, 7) is 3.70. The third-order valence-corrected chi connectivity index (χ3v) is 5.96. The van der Waals surface area contributed by atoms with Gasteiger partial charge in [0, 0.05) is 19.3 Å². The van der Waals surface area contributed by atoms with Gasteiger partial charge in [0.25, 0.3) is 0 Å². The monoisotopic (exact) mass is 297 g/mol. The fraction of sp³-hybridized carbons (Fsp3) is 0.500. The van der Waals surface area contributed by atoms with E-state index in [1.165, 1.54) is 13.8 Å². The van der Waals surface area contributed by atoms with Crippen LogP contribution in [-0.4, -0.2) is 41.9 Å². The van der Waals surface area contributed by atoms with E-state index >= 15 is 0 Å². The molecule has 1 aliphatic rings. The van der Waals surface area contributed by atoms with Gasteiger partial charge in [0.1, 0.15) is 10.5 Å². The zero-order valence-electron chi connectivity index (χ0n) is 11.9. The molecule has 110 valence electrons. The highest BCUT2D eigenvalue weighted by Crippen LogP contribution is 2.26. The van der Waals surface area contributed by atoms with Crippen LogP contribution in [0.25, 0.3) is 0 Å². The lowest BCUT2D eigenvalue weighted by Gasteiger charge is -2.34. The summed E-state index contributed by atoms with van der Waals surface area (Å²) >= 11 is 0. The molecule has 1 heterocycles. The van der Waals surface area contributed by atoms with Crippen molar-refractivity contribution in [3.05, 3.63) is 29.3 Å². The number of amides is 1. The minimum atomic E-state index is -3.48. The fourth-order valence-corrected chi connectivity index (χ4v) is 2.70. The Morgan fingerprint density at radius 2 is 1.95 bits per heavy atom. The first-order valence-electron chi connectivity index (χ1n) is 6.42. The topological polar surface area (TPSA) is 74.7 Å². The molecule has 0 saturated heterocycles. The molecular formula is C14H19NO4S. The van der Waals surface area contributed by atoms with Crippen LogP contribution in [0.2, 0.25) is 0 Å². The summed E-state index contributed by atoms with van der Waals surface area (Å²) in [5.74, 6) is -0.241. The summed E-state index contributed by atoms with van der Waals surface area (Å²) in [6.07, 6.45) is 1.75. The molecule has 1 aliphatic heterocycles. The average Bonchev–Trinajstić information content (AvgIpc) is 2.35. The van der Waals surface area contributed by atoms with Crippen molar-refractivity contribution < 1.29 is 18.3 Å². The van der Waals surface area contributed by atoms with Crippen molar-refractivity contribution in [1.82, 2.24) is 4.90 Å². The lowest BCUT2D eigenvalue weighted by atomic mass is 9.98. The molecule has 0 radical (unpaired) electrons. The molecule has 0 fully saturated rings. The van der Waals surface area contributed by atoms with Gasteiger partial charge >= 0.3 is 0 Å². The Labute approximate surface area is 119 Å². The number of carbonyl (C=O) groups excluding carboxylic acids is 1. The van der Waals surface area contributed by atoms with Gasteiger partial charge in [-0.05, 0) is 43.5 Å². The van der Waals surface area contributed by atoms with E-state index in [-0.39, 0.29) is 5.75 Å². The lowest BCUT2D eigenvalue weighted by molar-refractivity contribution is -0.134. The van der Waals surface area contributed by atoms with Crippen molar-refractivity contribution in [3.8, 4) is 5.75 Å². The maximum Gasteiger partial charge on any atom is 0.243 e. The number of benzene rings is 1. The molecule has 1 amide bonds. The van der Waals surface area contributed by atoms with E-state index < -0.39 is 20.5 Å². The average molecular weight is 297 g/mol. The van der Waals surface area contributed by atoms with Gasteiger partial charge in [-0.25, -0.2) is 8.42 Å². The van der Waals surface area contributed by atoms with Gasteiger partial charge in [-0.3, -0.25) is 4.79 Å². The molecule has 0 saturated carbocycles. The van der Waals surface area contributed by atoms with E-state index in [9.17, 15) is 18.3 Å². The molecule has 0 aliphatic carbocycles. The predicted octanol–water partition coefficient (Wildman–Crippen LogP) is 1.10. The van der Waals surface area contributed by atoms with E-state index in [4.69, 9.17) is 0 Å². The first kappa shape index (κ1) is 14.8. The standard InChI is InChI=1S/C14H19NO4S/c1-14(2,20(3,18)19)13(17)15-7-6-10-4-5-12(16)8-11(10)9-15/h4-5,8,16H,6-7,9H2,1-3H3. The number of carbonyl (C=O) groups is 1. The maximum atomic E-state index is 12.4. The molecule has 0 unspecified atom stereocenters. The Morgan fingerprint density at radius 3 is 2.55 bits per heavy atom. The number of phenols is 1. The van der Waals surface area contributed by atoms with E-state index in [0.29, 0.717) is 19.5 Å². The summed E-state index contributed by atoms with van der Waals surface area (Å²) in [6, 6.07) is 5.09. The van der Waals surface area contributed by atoms with Crippen molar-refractivity contribution in [1.29, 1.82) is 0 Å². The molecule has 0 aromatic heterocycles. The Bertz CT molecular complexity index is 649. The first-order valence-corrected chi connectivity index (χ1v) is 8.32. The quantitative estimate of drug-likeness (QED) is 0.887. The molecule has 20 heavy (non-hydrogen) atoms. The summed E-state index contributed by atoms with van der Waals surface area (Å²) in [4.78, 5) is 14.0. The fourth-order valence-electron chi connectivity index (χ4n) is 2.26. The van der Waals surface area contributed by atoms with E-state index in [1.54, 1.807) is 17.0 Å². The second-order valence-corrected chi connectivity index (χ2v) is 8.28. The van der Waals surface area contributed by atoms with Crippen molar-refractivity contribution in [2.45, 2.75) is 31.6 Å². The molecule has 1 aromatic rings. The molecule has 5 nitrogen and oxygen atoms in total. The Morgan fingerprint density at radius 1 is 1.30 bits per heavy atom. The van der Waals surface area contributed by atoms with Crippen LogP contribution in [-0.2, 0) is 27.6 Å². The van der Waals surface area contributed by atoms with Crippen LogP contribution in [0.5, 0.6) is 5.75 Å². The maximum absolute atomic E-state index is 12.4. The Balaban J connectivity index is 2.27. The number of rotatable bonds is 2. The number of phenolic OH excluding ortho intramolecular Hbond substituents is 1. The minimum absolute atomic E-state index is 0.153. The Kier molecular flexibility index (Phi) is 3.54. The van der Waals surface area contributed by atoms with Crippen LogP contribution in [0.4, 0.5) is 0 Å². The summed E-state index contributed by atoms with van der Waals surface area (Å²) in [5.41, 5.74) is 1.96. The molecule has 0 atom stereocenters. The second kappa shape index (κ2) is 4.77. The largest absolute Gasteiger partial charge is 0.508 e. The first-order chi connectivity index (χ1) is 9.13. The van der Waals surface area contributed by atoms with E-state index in [1.807, 2.05) is 6.07 Å². The molecule has 1 N–H and O–H groups in total. The lowest BCUT2D eigenvalue weighted by Crippen LogP contribution is -2.51. The summed E-state index contributed by atoms with van der Waals surface area (Å²) < 4.78 is 22.1. The van der Waals surface area contributed by atoms with Gasteiger partial charge in [0.15, 0.2) is 9.84 Å². The second-order valence-electron chi connectivity index (χ2n) is 5.71. The predicted molar refractivity (Wildman–Crippen MR) is 76.2 cm³/mol. The van der Waals surface area contributed by atoms with Gasteiger partial charge in [0.2, 0.25) is 5.91 Å². The van der Waals surface area contributed by atoms with Crippen molar-refractivity contribution in [3.63, 3.8) is 0 Å². The molecule has 0 bridgehead atoms. The number of hydrogen-bond acceptors (Lipinski definition) is 4. The van der Waals surface area contributed by atoms with Crippen LogP contribution >= 0.6 is 0 Å². The molecule has 6 heteroatoms. The number of aromatic hydroxyl groups is 1. The number of nitrogens with zero attached hydrogens (tertiary/aromatic N) is 1. The van der Waals surface area contributed by atoms with Crippen LogP contribution in [0.3, 0.4) is 0 Å². The number of sulfone groups is 1. The zero-order chi connectivity index (χ0) is 15.1. The summed E-state index contributed by atoms with van der Waals surface area (Å²) in [5, 5.41) is 9.50. The van der Waals surface area contributed by atoms with E-state index in [0.717, 1.165) is 17.4 Å². The highest BCUT2D eigenvalue weighted by atomic mass is 32.2. The number of fused-ring (bicyclic) bond motifs is 1. The van der Waals surface area contributed by atoms with Gasteiger partial charge in [-0.15, -0.1) is 0 Å². The molecular weight excluding hydrogens is 278 g/mol. The molecule has 0 spiro atoms. The van der Waals surface area contributed by atoms with Crippen LogP contribution in [0.1, 0.15) is 25.0 Å².